The SMILES string of the molecule is Cn1nc(C(F)(F)C(F)(F)F)c(OC(F)F)c1N/C=C(\C=N)c1ccc(Cl)c(C(=O)N(CC2CC2)C2(C#N)CC2)c1. The third-order valence-electron chi connectivity index (χ3n) is 6.75. The number of aromatic nitrogens is 2. The number of carbonyl (C=O) groups excluding carboxylic acids is 1. The number of ether oxygens (including phenoxy) is 1. The fourth-order valence-corrected chi connectivity index (χ4v) is 4.34. The highest BCUT2D eigenvalue weighted by molar-refractivity contribution is 6.34. The van der Waals surface area contributed by atoms with Crippen molar-refractivity contribution in [1.82, 2.24) is 14.7 Å². The fourth-order valence-electron chi connectivity index (χ4n) is 4.14. The molecular weight excluding hydrogens is 585 g/mol. The molecule has 0 unspecified atom stereocenters. The summed E-state index contributed by atoms with van der Waals surface area (Å²) < 4.78 is 97.4. The lowest BCUT2D eigenvalue weighted by Crippen LogP contribution is -2.43. The quantitative estimate of drug-likeness (QED) is 0.229. The Bertz CT molecular complexity index is 1420. The molecule has 0 aliphatic heterocycles. The van der Waals surface area contributed by atoms with Crippen LogP contribution in [0.25, 0.3) is 5.57 Å². The second-order valence-corrected chi connectivity index (χ2v) is 10.1. The molecule has 0 spiro atoms. The van der Waals surface area contributed by atoms with E-state index in [9.17, 15) is 40.8 Å². The maximum Gasteiger partial charge on any atom is 0.459 e. The number of nitriles is 1. The van der Waals surface area contributed by atoms with Gasteiger partial charge in [-0.15, -0.1) is 0 Å². The molecule has 0 atom stereocenters. The number of amides is 1. The van der Waals surface area contributed by atoms with E-state index in [1.54, 1.807) is 0 Å². The van der Waals surface area contributed by atoms with Crippen LogP contribution in [-0.2, 0) is 13.0 Å². The molecule has 2 N–H and O–H groups in total. The summed E-state index contributed by atoms with van der Waals surface area (Å²) in [6.45, 7) is -3.39. The molecule has 0 bridgehead atoms. The Hall–Kier alpha value is -3.80. The Balaban J connectivity index is 1.69. The lowest BCUT2D eigenvalue weighted by molar-refractivity contribution is -0.291. The highest BCUT2D eigenvalue weighted by Gasteiger charge is 2.62. The van der Waals surface area contributed by atoms with Crippen molar-refractivity contribution in [2.45, 2.75) is 49.9 Å². The Morgan fingerprint density at radius 1 is 1.34 bits per heavy atom. The Morgan fingerprint density at radius 2 is 2.00 bits per heavy atom. The van der Waals surface area contributed by atoms with E-state index in [0.29, 0.717) is 24.1 Å². The van der Waals surface area contributed by atoms with Gasteiger partial charge in [-0.05, 0) is 49.3 Å². The molecule has 2 aliphatic rings. The molecule has 0 radical (unpaired) electrons. The second-order valence-electron chi connectivity index (χ2n) is 9.69. The molecule has 2 fully saturated rings. The van der Waals surface area contributed by atoms with Crippen molar-refractivity contribution < 1.29 is 40.3 Å². The van der Waals surface area contributed by atoms with Crippen LogP contribution in [0.1, 0.15) is 47.3 Å². The van der Waals surface area contributed by atoms with Gasteiger partial charge >= 0.3 is 18.7 Å². The number of halogens is 8. The minimum absolute atomic E-state index is 0.0217. The van der Waals surface area contributed by atoms with Crippen molar-refractivity contribution in [2.24, 2.45) is 13.0 Å². The molecule has 8 nitrogen and oxygen atoms in total. The number of allylic oxidation sites excluding steroid dienone is 1. The van der Waals surface area contributed by atoms with E-state index in [2.05, 4.69) is 21.2 Å². The molecule has 41 heavy (non-hydrogen) atoms. The zero-order valence-corrected chi connectivity index (χ0v) is 22.0. The average molecular weight is 607 g/mol. The lowest BCUT2D eigenvalue weighted by Gasteiger charge is -2.28. The normalized spacial score (nSPS) is 16.8. The summed E-state index contributed by atoms with van der Waals surface area (Å²) in [6, 6.07) is 6.30. The summed E-state index contributed by atoms with van der Waals surface area (Å²) in [7, 11) is 0.922. The number of alkyl halides is 7. The van der Waals surface area contributed by atoms with Gasteiger partial charge in [0, 0.05) is 31.6 Å². The molecule has 2 aliphatic carbocycles. The van der Waals surface area contributed by atoms with Crippen molar-refractivity contribution >= 4 is 35.1 Å². The van der Waals surface area contributed by atoms with E-state index in [1.165, 1.54) is 23.1 Å². The summed E-state index contributed by atoms with van der Waals surface area (Å²) in [5.74, 6) is -8.18. The van der Waals surface area contributed by atoms with E-state index in [4.69, 9.17) is 17.0 Å². The maximum atomic E-state index is 14.0. The van der Waals surface area contributed by atoms with E-state index in [1.807, 2.05) is 0 Å². The van der Waals surface area contributed by atoms with E-state index in [0.717, 1.165) is 32.3 Å². The van der Waals surface area contributed by atoms with Gasteiger partial charge in [0.05, 0.1) is 16.7 Å². The first-order chi connectivity index (χ1) is 19.1. The van der Waals surface area contributed by atoms with Crippen LogP contribution in [0, 0.1) is 22.7 Å². The Morgan fingerprint density at radius 3 is 2.51 bits per heavy atom. The van der Waals surface area contributed by atoms with Gasteiger partial charge in [0.25, 0.3) is 5.91 Å². The maximum absolute atomic E-state index is 14.0. The van der Waals surface area contributed by atoms with Gasteiger partial charge in [-0.25, -0.2) is 4.68 Å². The number of hydrogen-bond donors (Lipinski definition) is 2. The number of aryl methyl sites for hydroxylation is 1. The zero-order chi connectivity index (χ0) is 30.3. The van der Waals surface area contributed by atoms with E-state index in [-0.39, 0.29) is 27.6 Å². The smallest absolute Gasteiger partial charge is 0.429 e. The number of rotatable bonds is 11. The van der Waals surface area contributed by atoms with Crippen LogP contribution < -0.4 is 10.1 Å². The van der Waals surface area contributed by atoms with Crippen LogP contribution in [-0.4, -0.2) is 51.7 Å². The molecule has 1 aromatic carbocycles. The monoisotopic (exact) mass is 606 g/mol. The minimum Gasteiger partial charge on any atom is -0.429 e. The van der Waals surface area contributed by atoms with Gasteiger partial charge in [-0.2, -0.15) is 41.1 Å². The summed E-state index contributed by atoms with van der Waals surface area (Å²) in [5, 5.41) is 22.9. The van der Waals surface area contributed by atoms with Crippen LogP contribution in [0.15, 0.2) is 24.4 Å². The standard InChI is InChI=1S/C25H22ClF7N6O2/c1-38-20(18(41-22(27)28)19(37-38)24(29,30)25(31,32)33)36-10-15(9-34)14-4-5-17(26)16(8-14)21(40)39(11-13-2-3-13)23(12-35)6-7-23/h4-5,8-10,13,22,34,36H,2-3,6-7,11H2,1H3/b15-10+,34-9?. The van der Waals surface area contributed by atoms with E-state index >= 15 is 0 Å². The third kappa shape index (κ3) is 5.97. The van der Waals surface area contributed by atoms with Crippen LogP contribution >= 0.6 is 11.6 Å². The minimum atomic E-state index is -6.15. The molecule has 220 valence electrons. The number of nitrogens with one attached hydrogen (secondary N) is 2. The first kappa shape index (κ1) is 30.2. The van der Waals surface area contributed by atoms with Crippen LogP contribution in [0.2, 0.25) is 5.02 Å². The largest absolute Gasteiger partial charge is 0.459 e. The van der Waals surface area contributed by atoms with Gasteiger partial charge < -0.3 is 20.4 Å². The van der Waals surface area contributed by atoms with Gasteiger partial charge in [0.2, 0.25) is 0 Å². The van der Waals surface area contributed by atoms with Crippen molar-refractivity contribution in [3.63, 3.8) is 0 Å². The number of carbonyl (C=O) groups is 1. The second kappa shape index (κ2) is 10.9. The summed E-state index contributed by atoms with van der Waals surface area (Å²) in [4.78, 5) is 15.0. The number of hydrogen-bond acceptors (Lipinski definition) is 6. The van der Waals surface area contributed by atoms with Crippen LogP contribution in [0.5, 0.6) is 5.75 Å². The summed E-state index contributed by atoms with van der Waals surface area (Å²) in [6.07, 6.45) is -1.57. The van der Waals surface area contributed by atoms with Gasteiger partial charge in [0.1, 0.15) is 5.54 Å². The molecule has 1 amide bonds. The first-order valence-corrected chi connectivity index (χ1v) is 12.5. The molecule has 4 rings (SSSR count). The summed E-state index contributed by atoms with van der Waals surface area (Å²) in [5.41, 5.74) is -2.85. The number of benzene rings is 1. The summed E-state index contributed by atoms with van der Waals surface area (Å²) >= 11 is 6.31. The first-order valence-electron chi connectivity index (χ1n) is 12.1. The molecule has 2 aromatic rings. The third-order valence-corrected chi connectivity index (χ3v) is 7.07. The van der Waals surface area contributed by atoms with Crippen LogP contribution in [0.3, 0.4) is 0 Å². The Labute approximate surface area is 233 Å². The van der Waals surface area contributed by atoms with Crippen molar-refractivity contribution in [3.8, 4) is 11.8 Å². The topological polar surface area (TPSA) is 107 Å². The lowest BCUT2D eigenvalue weighted by atomic mass is 10.0. The molecular formula is C25H22ClF7N6O2. The van der Waals surface area contributed by atoms with Gasteiger partial charge in [0.15, 0.2) is 17.3 Å². The highest BCUT2D eigenvalue weighted by Crippen LogP contribution is 2.49. The number of nitrogens with zero attached hydrogens (tertiary/aromatic N) is 4. The van der Waals surface area contributed by atoms with Crippen molar-refractivity contribution in [2.75, 3.05) is 11.9 Å². The number of anilines is 1. The van der Waals surface area contributed by atoms with Gasteiger partial charge in [-0.1, -0.05) is 17.7 Å². The molecule has 0 saturated heterocycles. The average Bonchev–Trinajstić information content (AvgIpc) is 3.82. The Kier molecular flexibility index (Phi) is 8.01. The van der Waals surface area contributed by atoms with Crippen LogP contribution in [0.4, 0.5) is 36.6 Å². The molecule has 16 heteroatoms. The fraction of sp³-hybridized carbons (Fsp3) is 0.440. The van der Waals surface area contributed by atoms with Gasteiger partial charge in [-0.3, -0.25) is 4.79 Å². The molecule has 2 saturated carbocycles. The zero-order valence-electron chi connectivity index (χ0n) is 21.2. The molecule has 1 heterocycles. The van der Waals surface area contributed by atoms with Crippen molar-refractivity contribution in [3.05, 3.63) is 46.2 Å². The molecule has 1 aromatic heterocycles. The predicted molar refractivity (Wildman–Crippen MR) is 133 cm³/mol. The van der Waals surface area contributed by atoms with Crippen molar-refractivity contribution in [1.29, 1.82) is 10.7 Å². The predicted octanol–water partition coefficient (Wildman–Crippen LogP) is 6.34. The highest BCUT2D eigenvalue weighted by atomic mass is 35.5. The van der Waals surface area contributed by atoms with E-state index < -0.39 is 47.4 Å².